The van der Waals surface area contributed by atoms with E-state index in [-0.39, 0.29) is 47.4 Å². The van der Waals surface area contributed by atoms with Gasteiger partial charge in [-0.05, 0) is 46.0 Å². The van der Waals surface area contributed by atoms with Gasteiger partial charge in [-0.15, -0.1) is 0 Å². The fraction of sp³-hybridized carbons (Fsp3) is 0.630. The molecule has 0 bridgehead atoms. The highest BCUT2D eigenvalue weighted by molar-refractivity contribution is 6.35. The van der Waals surface area contributed by atoms with Gasteiger partial charge in [-0.2, -0.15) is 31.4 Å². The van der Waals surface area contributed by atoms with Gasteiger partial charge in [-0.25, -0.2) is 0 Å². The number of hydrogen-bond acceptors (Lipinski definition) is 6. The maximum Gasteiger partial charge on any atom is 0.433 e. The summed E-state index contributed by atoms with van der Waals surface area (Å²) in [4.78, 5) is 30.2. The van der Waals surface area contributed by atoms with Gasteiger partial charge in [-0.3, -0.25) is 19.3 Å². The number of carbonyl (C=O) groups excluding carboxylic acids is 2. The SMILES string of the molecule is CCOC(=O)[C@@H]1CC[C@@H](n2ncc(C(=O)N(CC(O)c3c(Cl)cncc3Cl)CC(C)(C)C(F)(F)F)c2C(F)(F)F)C[C@H]1C. The van der Waals surface area contributed by atoms with Crippen molar-refractivity contribution in [2.24, 2.45) is 17.3 Å². The van der Waals surface area contributed by atoms with Crippen molar-refractivity contribution in [2.45, 2.75) is 71.5 Å². The molecule has 1 fully saturated rings. The predicted molar refractivity (Wildman–Crippen MR) is 144 cm³/mol. The fourth-order valence-electron chi connectivity index (χ4n) is 5.26. The first-order chi connectivity index (χ1) is 19.8. The molecule has 0 spiro atoms. The summed E-state index contributed by atoms with van der Waals surface area (Å²) < 4.78 is 90.8. The Labute approximate surface area is 254 Å². The molecule has 43 heavy (non-hydrogen) atoms. The van der Waals surface area contributed by atoms with Gasteiger partial charge < -0.3 is 14.7 Å². The average molecular weight is 661 g/mol. The van der Waals surface area contributed by atoms with Crippen molar-refractivity contribution in [3.63, 3.8) is 0 Å². The summed E-state index contributed by atoms with van der Waals surface area (Å²) in [6.45, 7) is 3.10. The molecule has 0 aromatic carbocycles. The Hall–Kier alpha value is -2.58. The molecule has 4 atom stereocenters. The number of halogens is 8. The number of carbonyl (C=O) groups is 2. The smallest absolute Gasteiger partial charge is 0.433 e. The molecule has 0 saturated heterocycles. The maximum atomic E-state index is 14.5. The summed E-state index contributed by atoms with van der Waals surface area (Å²) in [5, 5.41) is 14.4. The highest BCUT2D eigenvalue weighted by Crippen LogP contribution is 2.43. The van der Waals surface area contributed by atoms with E-state index in [0.29, 0.717) is 15.8 Å². The number of esters is 1. The largest absolute Gasteiger partial charge is 0.466 e. The molecule has 1 aliphatic carbocycles. The van der Waals surface area contributed by atoms with Crippen LogP contribution < -0.4 is 0 Å². The lowest BCUT2D eigenvalue weighted by Gasteiger charge is -2.36. The molecule has 1 unspecified atom stereocenters. The van der Waals surface area contributed by atoms with Gasteiger partial charge >= 0.3 is 18.3 Å². The number of alkyl halides is 6. The minimum Gasteiger partial charge on any atom is -0.466 e. The van der Waals surface area contributed by atoms with E-state index in [0.717, 1.165) is 26.2 Å². The second kappa shape index (κ2) is 13.2. The van der Waals surface area contributed by atoms with Crippen molar-refractivity contribution in [1.82, 2.24) is 19.7 Å². The second-order valence-electron chi connectivity index (χ2n) is 11.3. The number of aromatic nitrogens is 3. The Morgan fingerprint density at radius 2 is 1.72 bits per heavy atom. The van der Waals surface area contributed by atoms with Gasteiger partial charge in [0.15, 0.2) is 5.69 Å². The lowest BCUT2D eigenvalue weighted by atomic mass is 9.78. The standard InChI is InChI=1S/C27H32Cl2F6N4O4/c1-5-43-24(42)16-7-6-15(8-14(16)2)39-22(26(30,31)32)17(9-37-39)23(41)38(13-25(3,4)27(33,34)35)12-20(40)21-18(28)10-36-11-19(21)29/h9-11,14-16,20,40H,5-8,12-13H2,1-4H3/t14-,15-,16-,20?/m1/s1. The quantitative estimate of drug-likeness (QED) is 0.232. The van der Waals surface area contributed by atoms with Crippen LogP contribution in [0.3, 0.4) is 0 Å². The third kappa shape index (κ3) is 7.75. The highest BCUT2D eigenvalue weighted by Gasteiger charge is 2.50. The van der Waals surface area contributed by atoms with Crippen LogP contribution in [0.1, 0.15) is 80.7 Å². The first-order valence-electron chi connectivity index (χ1n) is 13.4. The van der Waals surface area contributed by atoms with Gasteiger partial charge in [-0.1, -0.05) is 30.1 Å². The minimum atomic E-state index is -5.12. The molecule has 1 saturated carbocycles. The van der Waals surface area contributed by atoms with E-state index in [1.807, 2.05) is 0 Å². The Kier molecular flexibility index (Phi) is 10.7. The van der Waals surface area contributed by atoms with E-state index in [9.17, 15) is 41.0 Å². The van der Waals surface area contributed by atoms with Crippen molar-refractivity contribution in [2.75, 3.05) is 19.7 Å². The molecule has 240 valence electrons. The van der Waals surface area contributed by atoms with Crippen molar-refractivity contribution in [1.29, 1.82) is 0 Å². The molecule has 2 aromatic heterocycles. The van der Waals surface area contributed by atoms with Crippen LogP contribution in [0.2, 0.25) is 10.0 Å². The van der Waals surface area contributed by atoms with Crippen molar-refractivity contribution in [3.05, 3.63) is 45.5 Å². The molecular weight excluding hydrogens is 629 g/mol. The lowest BCUT2D eigenvalue weighted by molar-refractivity contribution is -0.215. The van der Waals surface area contributed by atoms with Crippen LogP contribution in [0.15, 0.2) is 18.6 Å². The molecule has 1 N–H and O–H groups in total. The normalized spacial score (nSPS) is 20.5. The molecular formula is C27H32Cl2F6N4O4. The van der Waals surface area contributed by atoms with E-state index in [1.54, 1.807) is 13.8 Å². The van der Waals surface area contributed by atoms with E-state index >= 15 is 0 Å². The second-order valence-corrected chi connectivity index (χ2v) is 12.1. The number of aliphatic hydroxyl groups excluding tert-OH is 1. The third-order valence-electron chi connectivity index (χ3n) is 7.63. The van der Waals surface area contributed by atoms with E-state index in [4.69, 9.17) is 27.9 Å². The summed E-state index contributed by atoms with van der Waals surface area (Å²) in [6, 6.07) is -0.848. The van der Waals surface area contributed by atoms with Crippen LogP contribution in [-0.4, -0.2) is 62.5 Å². The van der Waals surface area contributed by atoms with Gasteiger partial charge in [0, 0.05) is 24.5 Å². The summed E-state index contributed by atoms with van der Waals surface area (Å²) in [7, 11) is 0. The maximum absolute atomic E-state index is 14.5. The predicted octanol–water partition coefficient (Wildman–Crippen LogP) is 6.91. The third-order valence-corrected chi connectivity index (χ3v) is 8.23. The topological polar surface area (TPSA) is 97.6 Å². The molecule has 1 amide bonds. The lowest BCUT2D eigenvalue weighted by Crippen LogP contribution is -2.47. The Morgan fingerprint density at radius 3 is 2.23 bits per heavy atom. The number of nitrogens with zero attached hydrogens (tertiary/aromatic N) is 4. The number of ether oxygens (including phenoxy) is 1. The highest BCUT2D eigenvalue weighted by atomic mass is 35.5. The van der Waals surface area contributed by atoms with Crippen molar-refractivity contribution >= 4 is 35.1 Å². The van der Waals surface area contributed by atoms with Crippen molar-refractivity contribution < 1.29 is 45.8 Å². The minimum absolute atomic E-state index is 0.116. The molecule has 1 aliphatic rings. The first-order valence-corrected chi connectivity index (χ1v) is 14.2. The molecule has 3 rings (SSSR count). The van der Waals surface area contributed by atoms with Crippen molar-refractivity contribution in [3.8, 4) is 0 Å². The number of rotatable bonds is 9. The van der Waals surface area contributed by atoms with Crippen LogP contribution in [0.5, 0.6) is 0 Å². The summed E-state index contributed by atoms with van der Waals surface area (Å²) in [6.07, 6.45) is -8.39. The zero-order chi connectivity index (χ0) is 32.5. The zero-order valence-electron chi connectivity index (χ0n) is 23.8. The average Bonchev–Trinajstić information content (AvgIpc) is 3.33. The molecule has 2 heterocycles. The van der Waals surface area contributed by atoms with Crippen LogP contribution in [0, 0.1) is 17.3 Å². The number of aliphatic hydroxyl groups is 1. The fourth-order valence-corrected chi connectivity index (χ4v) is 5.88. The Balaban J connectivity index is 2.02. The Morgan fingerprint density at radius 1 is 1.12 bits per heavy atom. The van der Waals surface area contributed by atoms with Gasteiger partial charge in [0.1, 0.15) is 0 Å². The molecule has 2 aromatic rings. The van der Waals surface area contributed by atoms with Gasteiger partial charge in [0.2, 0.25) is 0 Å². The van der Waals surface area contributed by atoms with E-state index < -0.39 is 72.1 Å². The van der Waals surface area contributed by atoms with E-state index in [2.05, 4.69) is 10.1 Å². The van der Waals surface area contributed by atoms with Gasteiger partial charge in [0.25, 0.3) is 5.91 Å². The summed E-state index contributed by atoms with van der Waals surface area (Å²) in [5.41, 5.74) is -5.15. The summed E-state index contributed by atoms with van der Waals surface area (Å²) in [5.74, 6) is -2.76. The molecule has 16 heteroatoms. The molecule has 8 nitrogen and oxygen atoms in total. The molecule has 0 radical (unpaired) electrons. The number of pyridine rings is 1. The van der Waals surface area contributed by atoms with Crippen LogP contribution in [0.4, 0.5) is 26.3 Å². The van der Waals surface area contributed by atoms with Crippen LogP contribution in [0.25, 0.3) is 0 Å². The number of hydrogen-bond donors (Lipinski definition) is 1. The van der Waals surface area contributed by atoms with Crippen LogP contribution >= 0.6 is 23.2 Å². The van der Waals surface area contributed by atoms with Crippen LogP contribution in [-0.2, 0) is 15.7 Å². The summed E-state index contributed by atoms with van der Waals surface area (Å²) >= 11 is 12.1. The monoisotopic (exact) mass is 660 g/mol. The van der Waals surface area contributed by atoms with Gasteiger partial charge in [0.05, 0.1) is 58.4 Å². The molecule has 0 aliphatic heterocycles. The number of amides is 1. The van der Waals surface area contributed by atoms with E-state index in [1.165, 1.54) is 0 Å². The Bertz CT molecular complexity index is 1300. The first kappa shape index (κ1) is 34.9. The zero-order valence-corrected chi connectivity index (χ0v) is 25.3.